The predicted octanol–water partition coefficient (Wildman–Crippen LogP) is 2.57. The lowest BCUT2D eigenvalue weighted by molar-refractivity contribution is 0.108. The molecular formula is C15H28N4. The zero-order chi connectivity index (χ0) is 14.2. The molecule has 0 spiro atoms. The summed E-state index contributed by atoms with van der Waals surface area (Å²) in [5, 5.41) is 4.40. The molecule has 1 aromatic heterocycles. The third kappa shape index (κ3) is 3.11. The smallest absolute Gasteiger partial charge is 0.126 e. The highest BCUT2D eigenvalue weighted by Crippen LogP contribution is 2.34. The zero-order valence-electron chi connectivity index (χ0n) is 13.0. The molecule has 4 heteroatoms. The topological polar surface area (TPSA) is 47.1 Å². The van der Waals surface area contributed by atoms with Crippen molar-refractivity contribution in [3.05, 3.63) is 11.3 Å². The highest BCUT2D eigenvalue weighted by molar-refractivity contribution is 5.42. The number of hydrogen-bond acceptors (Lipinski definition) is 3. The van der Waals surface area contributed by atoms with E-state index in [0.29, 0.717) is 5.41 Å². The van der Waals surface area contributed by atoms with Crippen LogP contribution in [0.1, 0.15) is 44.9 Å². The van der Waals surface area contributed by atoms with Crippen LogP contribution in [0, 0.1) is 18.3 Å². The van der Waals surface area contributed by atoms with Crippen molar-refractivity contribution in [2.75, 3.05) is 18.8 Å². The Hall–Kier alpha value is -1.03. The second-order valence-corrected chi connectivity index (χ2v) is 6.99. The second-order valence-electron chi connectivity index (χ2n) is 6.99. The molecule has 0 atom stereocenters. The summed E-state index contributed by atoms with van der Waals surface area (Å²) >= 11 is 0. The van der Waals surface area contributed by atoms with Gasteiger partial charge in [0.25, 0.3) is 0 Å². The number of nitrogens with two attached hydrogens (primary N) is 1. The minimum Gasteiger partial charge on any atom is -0.384 e. The largest absolute Gasteiger partial charge is 0.384 e. The van der Waals surface area contributed by atoms with Crippen LogP contribution < -0.4 is 5.73 Å². The average molecular weight is 264 g/mol. The van der Waals surface area contributed by atoms with Crippen LogP contribution in [0.15, 0.2) is 0 Å². The molecule has 2 rings (SSSR count). The summed E-state index contributed by atoms with van der Waals surface area (Å²) in [7, 11) is 1.91. The van der Waals surface area contributed by atoms with Crippen LogP contribution in [0.4, 0.5) is 5.82 Å². The Balaban J connectivity index is 1.96. The Labute approximate surface area is 117 Å². The van der Waals surface area contributed by atoms with Gasteiger partial charge in [0.1, 0.15) is 5.82 Å². The van der Waals surface area contributed by atoms with E-state index in [2.05, 4.69) is 30.8 Å². The molecule has 2 N–H and O–H groups in total. The molecule has 2 heterocycles. The molecule has 0 bridgehead atoms. The quantitative estimate of drug-likeness (QED) is 0.893. The first-order chi connectivity index (χ1) is 8.79. The van der Waals surface area contributed by atoms with Crippen molar-refractivity contribution in [1.82, 2.24) is 14.7 Å². The predicted molar refractivity (Wildman–Crippen MR) is 79.8 cm³/mol. The van der Waals surface area contributed by atoms with Crippen LogP contribution in [0.5, 0.6) is 0 Å². The van der Waals surface area contributed by atoms with E-state index in [0.717, 1.165) is 24.0 Å². The lowest BCUT2D eigenvalue weighted by Crippen LogP contribution is -2.37. The van der Waals surface area contributed by atoms with Gasteiger partial charge in [-0.15, -0.1) is 0 Å². The Bertz CT molecular complexity index is 434. The van der Waals surface area contributed by atoms with Crippen molar-refractivity contribution < 1.29 is 0 Å². The van der Waals surface area contributed by atoms with Gasteiger partial charge in [0.05, 0.1) is 5.69 Å². The lowest BCUT2D eigenvalue weighted by atomic mass is 9.75. The molecule has 1 saturated heterocycles. The lowest BCUT2D eigenvalue weighted by Gasteiger charge is -2.38. The fourth-order valence-corrected chi connectivity index (χ4v) is 3.10. The first-order valence-corrected chi connectivity index (χ1v) is 7.29. The number of nitrogens with zero attached hydrogens (tertiary/aromatic N) is 3. The minimum absolute atomic E-state index is 0.440. The summed E-state index contributed by atoms with van der Waals surface area (Å²) in [6, 6.07) is 0. The second kappa shape index (κ2) is 5.16. The molecule has 1 fully saturated rings. The Morgan fingerprint density at radius 3 is 2.26 bits per heavy atom. The fourth-order valence-electron chi connectivity index (χ4n) is 3.10. The number of aryl methyl sites for hydroxylation is 2. The van der Waals surface area contributed by atoms with E-state index >= 15 is 0 Å². The van der Waals surface area contributed by atoms with Crippen molar-refractivity contribution in [2.45, 2.75) is 47.1 Å². The molecule has 0 amide bonds. The molecule has 19 heavy (non-hydrogen) atoms. The standard InChI is InChI=1S/C15H28N4/c1-11-13(14(16)18(5)17-11)10-19-8-6-12(7-9-19)15(2,3)4/h12H,6-10,16H2,1-5H3. The van der Waals surface area contributed by atoms with E-state index in [1.54, 1.807) is 4.68 Å². The number of likely N-dealkylation sites (tertiary alicyclic amines) is 1. The highest BCUT2D eigenvalue weighted by atomic mass is 15.3. The summed E-state index contributed by atoms with van der Waals surface area (Å²) < 4.78 is 1.78. The molecule has 0 saturated carbocycles. The van der Waals surface area contributed by atoms with Gasteiger partial charge in [-0.2, -0.15) is 5.10 Å². The average Bonchev–Trinajstić information content (AvgIpc) is 2.56. The van der Waals surface area contributed by atoms with Crippen molar-refractivity contribution in [2.24, 2.45) is 18.4 Å². The molecule has 108 valence electrons. The van der Waals surface area contributed by atoms with E-state index in [1.807, 2.05) is 14.0 Å². The third-order valence-electron chi connectivity index (χ3n) is 4.59. The van der Waals surface area contributed by atoms with Crippen LogP contribution >= 0.6 is 0 Å². The molecule has 1 aliphatic heterocycles. The maximum Gasteiger partial charge on any atom is 0.126 e. The Kier molecular flexibility index (Phi) is 3.90. The van der Waals surface area contributed by atoms with E-state index in [1.165, 1.54) is 31.5 Å². The maximum atomic E-state index is 6.09. The molecule has 0 aliphatic carbocycles. The SMILES string of the molecule is Cc1nn(C)c(N)c1CN1CCC(C(C)(C)C)CC1. The molecule has 0 unspecified atom stereocenters. The normalized spacial score (nSPS) is 19.0. The van der Waals surface area contributed by atoms with Crippen molar-refractivity contribution >= 4 is 5.82 Å². The summed E-state index contributed by atoms with van der Waals surface area (Å²) in [5.74, 6) is 1.66. The number of hydrogen-bond donors (Lipinski definition) is 1. The molecule has 0 aromatic carbocycles. The highest BCUT2D eigenvalue weighted by Gasteiger charge is 2.29. The summed E-state index contributed by atoms with van der Waals surface area (Å²) in [5.41, 5.74) is 8.80. The number of aromatic nitrogens is 2. The van der Waals surface area contributed by atoms with Gasteiger partial charge in [-0.05, 0) is 44.2 Å². The van der Waals surface area contributed by atoms with Crippen LogP contribution in [-0.4, -0.2) is 27.8 Å². The summed E-state index contributed by atoms with van der Waals surface area (Å²) in [6.45, 7) is 12.4. The fraction of sp³-hybridized carbons (Fsp3) is 0.800. The number of piperidine rings is 1. The summed E-state index contributed by atoms with van der Waals surface area (Å²) in [4.78, 5) is 2.52. The Morgan fingerprint density at radius 2 is 1.84 bits per heavy atom. The van der Waals surface area contributed by atoms with Crippen LogP contribution in [0.25, 0.3) is 0 Å². The van der Waals surface area contributed by atoms with E-state index in [4.69, 9.17) is 5.73 Å². The summed E-state index contributed by atoms with van der Waals surface area (Å²) in [6.07, 6.45) is 2.59. The van der Waals surface area contributed by atoms with Crippen LogP contribution in [0.2, 0.25) is 0 Å². The first kappa shape index (κ1) is 14.4. The molecule has 4 nitrogen and oxygen atoms in total. The monoisotopic (exact) mass is 264 g/mol. The first-order valence-electron chi connectivity index (χ1n) is 7.29. The molecule has 0 radical (unpaired) electrons. The van der Waals surface area contributed by atoms with E-state index < -0.39 is 0 Å². The van der Waals surface area contributed by atoms with Gasteiger partial charge in [-0.1, -0.05) is 20.8 Å². The zero-order valence-corrected chi connectivity index (χ0v) is 13.0. The van der Waals surface area contributed by atoms with Gasteiger partial charge in [0.15, 0.2) is 0 Å². The third-order valence-corrected chi connectivity index (χ3v) is 4.59. The van der Waals surface area contributed by atoms with Crippen LogP contribution in [-0.2, 0) is 13.6 Å². The minimum atomic E-state index is 0.440. The van der Waals surface area contributed by atoms with Crippen molar-refractivity contribution in [3.63, 3.8) is 0 Å². The molecule has 1 aromatic rings. The van der Waals surface area contributed by atoms with Crippen molar-refractivity contribution in [1.29, 1.82) is 0 Å². The maximum absolute atomic E-state index is 6.09. The molecular weight excluding hydrogens is 236 g/mol. The van der Waals surface area contributed by atoms with Gasteiger partial charge in [0, 0.05) is 19.2 Å². The van der Waals surface area contributed by atoms with Crippen molar-refractivity contribution in [3.8, 4) is 0 Å². The van der Waals surface area contributed by atoms with Gasteiger partial charge in [-0.3, -0.25) is 9.58 Å². The van der Waals surface area contributed by atoms with Crippen LogP contribution in [0.3, 0.4) is 0 Å². The van der Waals surface area contributed by atoms with E-state index in [9.17, 15) is 0 Å². The van der Waals surface area contributed by atoms with E-state index in [-0.39, 0.29) is 0 Å². The number of rotatable bonds is 2. The molecule has 1 aliphatic rings. The van der Waals surface area contributed by atoms with Gasteiger partial charge in [0.2, 0.25) is 0 Å². The van der Waals surface area contributed by atoms with Gasteiger partial charge in [-0.25, -0.2) is 0 Å². The van der Waals surface area contributed by atoms with Gasteiger partial charge < -0.3 is 5.73 Å². The van der Waals surface area contributed by atoms with Gasteiger partial charge >= 0.3 is 0 Å². The Morgan fingerprint density at radius 1 is 1.26 bits per heavy atom. The number of nitrogen functional groups attached to an aromatic ring is 1. The number of anilines is 1.